The number of amides is 1. The fourth-order valence-electron chi connectivity index (χ4n) is 3.37. The molecule has 0 unspecified atom stereocenters. The first kappa shape index (κ1) is 20.9. The predicted octanol–water partition coefficient (Wildman–Crippen LogP) is 4.25. The highest BCUT2D eigenvalue weighted by atomic mass is 32.2. The Balaban J connectivity index is 1.47. The van der Waals surface area contributed by atoms with Crippen molar-refractivity contribution < 1.29 is 14.3 Å². The zero-order valence-electron chi connectivity index (χ0n) is 17.2. The minimum absolute atomic E-state index is 0.134. The van der Waals surface area contributed by atoms with Gasteiger partial charge in [-0.1, -0.05) is 18.7 Å². The molecule has 3 aromatic rings. The van der Waals surface area contributed by atoms with Gasteiger partial charge in [-0.2, -0.15) is 0 Å². The summed E-state index contributed by atoms with van der Waals surface area (Å²) in [7, 11) is 1.60. The van der Waals surface area contributed by atoms with Crippen molar-refractivity contribution in [2.45, 2.75) is 44.1 Å². The van der Waals surface area contributed by atoms with Crippen LogP contribution in [0.3, 0.4) is 0 Å². The molecular weight excluding hydrogens is 420 g/mol. The number of nitrogens with two attached hydrogens (primary N) is 1. The smallest absolute Gasteiger partial charge is 0.234 e. The third-order valence-corrected chi connectivity index (χ3v) is 7.24. The first-order valence-corrected chi connectivity index (χ1v) is 11.5. The molecule has 158 valence electrons. The van der Waals surface area contributed by atoms with E-state index in [1.54, 1.807) is 42.7 Å². The van der Waals surface area contributed by atoms with Crippen LogP contribution in [0.15, 0.2) is 29.4 Å². The van der Waals surface area contributed by atoms with E-state index in [1.807, 2.05) is 0 Å². The van der Waals surface area contributed by atoms with Gasteiger partial charge in [-0.25, -0.2) is 9.97 Å². The van der Waals surface area contributed by atoms with Gasteiger partial charge in [-0.3, -0.25) is 4.79 Å². The van der Waals surface area contributed by atoms with Crippen molar-refractivity contribution in [1.82, 2.24) is 9.97 Å². The number of nitrogen functional groups attached to an aromatic ring is 1. The van der Waals surface area contributed by atoms with Crippen molar-refractivity contribution >= 4 is 50.7 Å². The number of hydrogen-bond acceptors (Lipinski definition) is 8. The third kappa shape index (κ3) is 4.23. The molecule has 0 aliphatic carbocycles. The largest absolute Gasteiger partial charge is 0.497 e. The molecule has 7 nitrogen and oxygen atoms in total. The number of nitrogens with zero attached hydrogens (tertiary/aromatic N) is 2. The van der Waals surface area contributed by atoms with Gasteiger partial charge in [0.05, 0.1) is 30.5 Å². The highest BCUT2D eigenvalue weighted by Gasteiger charge is 2.33. The molecule has 2 aromatic heterocycles. The fraction of sp³-hybridized carbons (Fsp3) is 0.381. The number of methoxy groups -OCH3 is 1. The Bertz CT molecular complexity index is 1080. The number of carbonyl (C=O) groups excluding carboxylic acids is 1. The van der Waals surface area contributed by atoms with Gasteiger partial charge in [0.25, 0.3) is 0 Å². The van der Waals surface area contributed by atoms with Crippen LogP contribution in [-0.4, -0.2) is 34.3 Å². The molecule has 3 N–H and O–H groups in total. The summed E-state index contributed by atoms with van der Waals surface area (Å²) in [4.78, 5) is 23.4. The van der Waals surface area contributed by atoms with E-state index in [-0.39, 0.29) is 17.3 Å². The Hall–Kier alpha value is -2.36. The number of aromatic nitrogens is 2. The Morgan fingerprint density at radius 1 is 1.37 bits per heavy atom. The normalized spacial score (nSPS) is 18.2. The van der Waals surface area contributed by atoms with Gasteiger partial charge in [0.15, 0.2) is 5.16 Å². The Morgan fingerprint density at radius 3 is 2.83 bits per heavy atom. The Labute approximate surface area is 183 Å². The average Bonchev–Trinajstić information content (AvgIpc) is 3.10. The molecule has 0 bridgehead atoms. The quantitative estimate of drug-likeness (QED) is 0.433. The summed E-state index contributed by atoms with van der Waals surface area (Å²) < 4.78 is 11.2. The van der Waals surface area contributed by atoms with Crippen molar-refractivity contribution in [3.8, 4) is 5.75 Å². The number of fused-ring (bicyclic) bond motifs is 3. The summed E-state index contributed by atoms with van der Waals surface area (Å²) >= 11 is 2.87. The number of carbonyl (C=O) groups is 1. The van der Waals surface area contributed by atoms with Crippen LogP contribution in [0.1, 0.15) is 30.7 Å². The van der Waals surface area contributed by atoms with Gasteiger partial charge in [0, 0.05) is 17.0 Å². The van der Waals surface area contributed by atoms with Gasteiger partial charge in [0.2, 0.25) is 5.91 Å². The van der Waals surface area contributed by atoms with E-state index in [0.29, 0.717) is 23.3 Å². The number of nitrogens with one attached hydrogen (secondary N) is 1. The lowest BCUT2D eigenvalue weighted by atomic mass is 9.90. The molecule has 4 rings (SSSR count). The van der Waals surface area contributed by atoms with Crippen molar-refractivity contribution in [3.05, 3.63) is 34.7 Å². The summed E-state index contributed by atoms with van der Waals surface area (Å²) in [5.74, 6) is 1.27. The first-order chi connectivity index (χ1) is 14.4. The number of thiophene rings is 1. The Kier molecular flexibility index (Phi) is 5.86. The highest BCUT2D eigenvalue weighted by Crippen LogP contribution is 2.41. The van der Waals surface area contributed by atoms with Crippen LogP contribution in [0, 0.1) is 0 Å². The van der Waals surface area contributed by atoms with Crippen molar-refractivity contribution in [3.63, 3.8) is 0 Å². The lowest BCUT2D eigenvalue weighted by molar-refractivity contribution is -0.113. The number of benzene rings is 1. The molecule has 0 radical (unpaired) electrons. The maximum Gasteiger partial charge on any atom is 0.234 e. The number of thioether (sulfide) groups is 1. The predicted molar refractivity (Wildman–Crippen MR) is 121 cm³/mol. The van der Waals surface area contributed by atoms with Crippen molar-refractivity contribution in [2.75, 3.05) is 23.9 Å². The summed E-state index contributed by atoms with van der Waals surface area (Å²) in [6.07, 6.45) is 1.74. The van der Waals surface area contributed by atoms with Crippen molar-refractivity contribution in [1.29, 1.82) is 0 Å². The number of hydrogen-bond donors (Lipinski definition) is 2. The van der Waals surface area contributed by atoms with E-state index in [9.17, 15) is 4.79 Å². The molecule has 3 heterocycles. The van der Waals surface area contributed by atoms with Gasteiger partial charge in [-0.15, -0.1) is 11.3 Å². The second kappa shape index (κ2) is 8.41. The van der Waals surface area contributed by atoms with Crippen LogP contribution in [0.4, 0.5) is 11.5 Å². The molecule has 1 atom stereocenters. The molecule has 9 heteroatoms. The monoisotopic (exact) mass is 444 g/mol. The molecule has 1 aliphatic rings. The summed E-state index contributed by atoms with van der Waals surface area (Å²) in [5, 5.41) is 4.29. The second-order valence-electron chi connectivity index (χ2n) is 7.41. The van der Waals surface area contributed by atoms with Gasteiger partial charge in [0.1, 0.15) is 16.4 Å². The average molecular weight is 445 g/mol. The van der Waals surface area contributed by atoms with E-state index >= 15 is 0 Å². The van der Waals surface area contributed by atoms with Crippen molar-refractivity contribution in [2.24, 2.45) is 0 Å². The number of rotatable bonds is 6. The maximum absolute atomic E-state index is 12.3. The molecule has 1 aliphatic heterocycles. The third-order valence-electron chi connectivity index (χ3n) is 5.30. The van der Waals surface area contributed by atoms with Crippen LogP contribution in [0.25, 0.3) is 10.2 Å². The van der Waals surface area contributed by atoms with Gasteiger partial charge in [-0.05, 0) is 43.2 Å². The topological polar surface area (TPSA) is 99.4 Å². The van der Waals surface area contributed by atoms with E-state index in [2.05, 4.69) is 29.1 Å². The van der Waals surface area contributed by atoms with E-state index < -0.39 is 0 Å². The number of anilines is 2. The molecule has 0 fully saturated rings. The van der Waals surface area contributed by atoms with Crippen LogP contribution in [0.2, 0.25) is 0 Å². The lowest BCUT2D eigenvalue weighted by Gasteiger charge is -2.33. The molecule has 30 heavy (non-hydrogen) atoms. The minimum atomic E-state index is -0.180. The summed E-state index contributed by atoms with van der Waals surface area (Å²) in [6, 6.07) is 7.19. The zero-order valence-corrected chi connectivity index (χ0v) is 18.8. The maximum atomic E-state index is 12.3. The fourth-order valence-corrected chi connectivity index (χ4v) is 5.19. The standard InChI is InChI=1S/C21H24N4O3S2/c1-4-21(2)9-14-15(10-28-21)30-19-17(14)18(22)24-20(25-19)29-11-16(26)23-12-5-7-13(27-3)8-6-12/h5-8H,4,9-11H2,1-3H3,(H,23,26)(H2,22,24,25)/t21-/m1/s1. The minimum Gasteiger partial charge on any atom is -0.497 e. The molecule has 0 saturated heterocycles. The lowest BCUT2D eigenvalue weighted by Crippen LogP contribution is -2.33. The highest BCUT2D eigenvalue weighted by molar-refractivity contribution is 7.99. The van der Waals surface area contributed by atoms with Gasteiger partial charge < -0.3 is 20.5 Å². The molecular formula is C21H24N4O3S2. The first-order valence-electron chi connectivity index (χ1n) is 9.69. The van der Waals surface area contributed by atoms with E-state index in [4.69, 9.17) is 15.2 Å². The molecule has 1 amide bonds. The van der Waals surface area contributed by atoms with E-state index in [1.165, 1.54) is 17.3 Å². The van der Waals surface area contributed by atoms with Crippen LogP contribution >= 0.6 is 23.1 Å². The Morgan fingerprint density at radius 2 is 2.13 bits per heavy atom. The molecule has 0 spiro atoms. The summed E-state index contributed by atoms with van der Waals surface area (Å²) in [5.41, 5.74) is 8.04. The summed E-state index contributed by atoms with van der Waals surface area (Å²) in [6.45, 7) is 4.83. The second-order valence-corrected chi connectivity index (χ2v) is 9.44. The zero-order chi connectivity index (χ0) is 21.3. The van der Waals surface area contributed by atoms with Gasteiger partial charge >= 0.3 is 0 Å². The molecule has 0 saturated carbocycles. The SMILES string of the molecule is CC[C@]1(C)Cc2c(sc3nc(SCC(=O)Nc4ccc(OC)cc4)nc(N)c23)CO1. The van der Waals surface area contributed by atoms with Crippen LogP contribution in [-0.2, 0) is 22.6 Å². The van der Waals surface area contributed by atoms with Crippen LogP contribution in [0.5, 0.6) is 5.75 Å². The molecule has 1 aromatic carbocycles. The van der Waals surface area contributed by atoms with Crippen LogP contribution < -0.4 is 15.8 Å². The number of ether oxygens (including phenoxy) is 2. The van der Waals surface area contributed by atoms with E-state index in [0.717, 1.165) is 33.7 Å².